The number of hydrogen-bond donors (Lipinski definition) is 1. The van der Waals surface area contributed by atoms with Crippen molar-refractivity contribution in [2.24, 2.45) is 0 Å². The first-order valence-electron chi connectivity index (χ1n) is 6.39. The molecule has 0 spiro atoms. The van der Waals surface area contributed by atoms with Crippen molar-refractivity contribution < 1.29 is 4.79 Å². The van der Waals surface area contributed by atoms with Crippen LogP contribution in [0.4, 0.5) is 5.69 Å². The maximum atomic E-state index is 11.9. The average Bonchev–Trinajstić information content (AvgIpc) is 2.94. The SMILES string of the molecule is O=C(/C=C/c1ccccc1Cl)Nc1ccn2nccc2c1. The molecule has 2 heterocycles. The summed E-state index contributed by atoms with van der Waals surface area (Å²) in [6, 6.07) is 12.9. The molecule has 0 saturated carbocycles. The van der Waals surface area contributed by atoms with Gasteiger partial charge in [-0.25, -0.2) is 4.52 Å². The van der Waals surface area contributed by atoms with E-state index in [4.69, 9.17) is 11.6 Å². The summed E-state index contributed by atoms with van der Waals surface area (Å²) in [6.07, 6.45) is 6.65. The van der Waals surface area contributed by atoms with E-state index in [1.165, 1.54) is 6.08 Å². The first-order chi connectivity index (χ1) is 10.2. The molecule has 21 heavy (non-hydrogen) atoms. The predicted molar refractivity (Wildman–Crippen MR) is 84.3 cm³/mol. The molecule has 0 aliphatic carbocycles. The largest absolute Gasteiger partial charge is 0.322 e. The van der Waals surface area contributed by atoms with Crippen molar-refractivity contribution in [3.63, 3.8) is 0 Å². The van der Waals surface area contributed by atoms with Gasteiger partial charge in [-0.1, -0.05) is 29.8 Å². The van der Waals surface area contributed by atoms with Crippen molar-refractivity contribution in [1.82, 2.24) is 9.61 Å². The zero-order chi connectivity index (χ0) is 14.7. The van der Waals surface area contributed by atoms with Crippen LogP contribution in [0, 0.1) is 0 Å². The van der Waals surface area contributed by atoms with E-state index in [9.17, 15) is 4.79 Å². The first kappa shape index (κ1) is 13.4. The quantitative estimate of drug-likeness (QED) is 0.750. The van der Waals surface area contributed by atoms with Crippen LogP contribution in [0.1, 0.15) is 5.56 Å². The van der Waals surface area contributed by atoms with Gasteiger partial charge in [-0.2, -0.15) is 5.10 Å². The van der Waals surface area contributed by atoms with E-state index >= 15 is 0 Å². The molecule has 5 heteroatoms. The number of pyridine rings is 1. The zero-order valence-corrected chi connectivity index (χ0v) is 11.8. The van der Waals surface area contributed by atoms with Gasteiger partial charge in [0.1, 0.15) is 0 Å². The normalized spacial score (nSPS) is 11.1. The molecule has 0 bridgehead atoms. The number of nitrogens with zero attached hydrogens (tertiary/aromatic N) is 2. The number of anilines is 1. The maximum Gasteiger partial charge on any atom is 0.248 e. The highest BCUT2D eigenvalue weighted by atomic mass is 35.5. The summed E-state index contributed by atoms with van der Waals surface area (Å²) in [4.78, 5) is 11.9. The summed E-state index contributed by atoms with van der Waals surface area (Å²) >= 11 is 6.03. The summed E-state index contributed by atoms with van der Waals surface area (Å²) in [7, 11) is 0. The fourth-order valence-corrected chi connectivity index (χ4v) is 2.16. The Morgan fingerprint density at radius 1 is 1.24 bits per heavy atom. The molecular weight excluding hydrogens is 286 g/mol. The molecule has 0 radical (unpaired) electrons. The van der Waals surface area contributed by atoms with E-state index in [1.54, 1.807) is 35.1 Å². The molecule has 0 unspecified atom stereocenters. The number of carbonyl (C=O) groups excluding carboxylic acids is 1. The van der Waals surface area contributed by atoms with Crippen LogP contribution in [0.3, 0.4) is 0 Å². The second kappa shape index (κ2) is 5.81. The summed E-state index contributed by atoms with van der Waals surface area (Å²) < 4.78 is 1.73. The van der Waals surface area contributed by atoms with Gasteiger partial charge in [0.25, 0.3) is 0 Å². The molecule has 0 atom stereocenters. The summed E-state index contributed by atoms with van der Waals surface area (Å²) in [5.74, 6) is -0.209. The van der Waals surface area contributed by atoms with Gasteiger partial charge < -0.3 is 5.32 Å². The Labute approximate surface area is 126 Å². The third-order valence-electron chi connectivity index (χ3n) is 2.99. The minimum absolute atomic E-state index is 0.209. The van der Waals surface area contributed by atoms with Crippen LogP contribution in [0.15, 0.2) is 60.9 Å². The first-order valence-corrected chi connectivity index (χ1v) is 6.77. The van der Waals surface area contributed by atoms with E-state index in [1.807, 2.05) is 30.3 Å². The van der Waals surface area contributed by atoms with Gasteiger partial charge in [0.15, 0.2) is 0 Å². The minimum Gasteiger partial charge on any atom is -0.322 e. The summed E-state index contributed by atoms with van der Waals surface area (Å²) in [5.41, 5.74) is 2.44. The number of fused-ring (bicyclic) bond motifs is 1. The molecule has 0 aliphatic heterocycles. The standard InChI is InChI=1S/C16H12ClN3O/c17-15-4-2-1-3-12(15)5-6-16(21)19-13-8-10-20-14(11-13)7-9-18-20/h1-11H,(H,19,21)/b6-5+. The molecule has 1 aromatic carbocycles. The minimum atomic E-state index is -0.209. The summed E-state index contributed by atoms with van der Waals surface area (Å²) in [5, 5.41) is 7.52. The molecular formula is C16H12ClN3O. The number of halogens is 1. The van der Waals surface area contributed by atoms with E-state index in [2.05, 4.69) is 10.4 Å². The Morgan fingerprint density at radius 3 is 2.95 bits per heavy atom. The fourth-order valence-electron chi connectivity index (χ4n) is 1.96. The lowest BCUT2D eigenvalue weighted by Crippen LogP contribution is -2.08. The smallest absolute Gasteiger partial charge is 0.248 e. The number of rotatable bonds is 3. The van der Waals surface area contributed by atoms with Gasteiger partial charge in [-0.15, -0.1) is 0 Å². The van der Waals surface area contributed by atoms with E-state index in [0.29, 0.717) is 5.02 Å². The van der Waals surface area contributed by atoms with Crippen LogP contribution < -0.4 is 5.32 Å². The second-order valence-electron chi connectivity index (χ2n) is 4.46. The second-order valence-corrected chi connectivity index (χ2v) is 4.87. The Hall–Kier alpha value is -2.59. The number of carbonyl (C=O) groups is 1. The molecule has 3 rings (SSSR count). The van der Waals surface area contributed by atoms with Crippen molar-refractivity contribution in [3.05, 3.63) is 71.5 Å². The number of amides is 1. The van der Waals surface area contributed by atoms with Gasteiger partial charge in [0, 0.05) is 29.2 Å². The monoisotopic (exact) mass is 297 g/mol. The lowest BCUT2D eigenvalue weighted by molar-refractivity contribution is -0.111. The third-order valence-corrected chi connectivity index (χ3v) is 3.33. The highest BCUT2D eigenvalue weighted by Gasteiger charge is 2.01. The van der Waals surface area contributed by atoms with Crippen molar-refractivity contribution in [2.45, 2.75) is 0 Å². The molecule has 1 N–H and O–H groups in total. The molecule has 0 aliphatic rings. The van der Waals surface area contributed by atoms with Crippen molar-refractivity contribution in [2.75, 3.05) is 5.32 Å². The van der Waals surface area contributed by atoms with Gasteiger partial charge in [0.05, 0.1) is 5.52 Å². The lowest BCUT2D eigenvalue weighted by Gasteiger charge is -2.03. The third kappa shape index (κ3) is 3.12. The van der Waals surface area contributed by atoms with Gasteiger partial charge in [0.2, 0.25) is 5.91 Å². The van der Waals surface area contributed by atoms with Crippen molar-refractivity contribution in [3.8, 4) is 0 Å². The fraction of sp³-hybridized carbons (Fsp3) is 0. The number of nitrogens with one attached hydrogen (secondary N) is 1. The highest BCUT2D eigenvalue weighted by Crippen LogP contribution is 2.16. The van der Waals surface area contributed by atoms with Crippen LogP contribution in [0.2, 0.25) is 5.02 Å². The van der Waals surface area contributed by atoms with Crippen LogP contribution in [-0.4, -0.2) is 15.5 Å². The summed E-state index contributed by atoms with van der Waals surface area (Å²) in [6.45, 7) is 0. The van der Waals surface area contributed by atoms with Gasteiger partial charge in [-0.3, -0.25) is 4.79 Å². The van der Waals surface area contributed by atoms with Crippen molar-refractivity contribution >= 4 is 34.8 Å². The molecule has 4 nitrogen and oxygen atoms in total. The molecule has 1 amide bonds. The number of aromatic nitrogens is 2. The molecule has 2 aromatic heterocycles. The Balaban J connectivity index is 1.72. The Morgan fingerprint density at radius 2 is 2.10 bits per heavy atom. The maximum absolute atomic E-state index is 11.9. The zero-order valence-electron chi connectivity index (χ0n) is 11.0. The highest BCUT2D eigenvalue weighted by molar-refractivity contribution is 6.32. The van der Waals surface area contributed by atoms with Crippen LogP contribution in [0.5, 0.6) is 0 Å². The van der Waals surface area contributed by atoms with E-state index in [-0.39, 0.29) is 5.91 Å². The molecule has 3 aromatic rings. The molecule has 104 valence electrons. The number of hydrogen-bond acceptors (Lipinski definition) is 2. The van der Waals surface area contributed by atoms with E-state index < -0.39 is 0 Å². The Kier molecular flexibility index (Phi) is 3.71. The van der Waals surface area contributed by atoms with Crippen LogP contribution in [0.25, 0.3) is 11.6 Å². The predicted octanol–water partition coefficient (Wildman–Crippen LogP) is 3.64. The molecule has 0 saturated heterocycles. The lowest BCUT2D eigenvalue weighted by atomic mass is 10.2. The van der Waals surface area contributed by atoms with Crippen molar-refractivity contribution in [1.29, 1.82) is 0 Å². The van der Waals surface area contributed by atoms with Gasteiger partial charge in [-0.05, 0) is 35.9 Å². The van der Waals surface area contributed by atoms with Crippen LogP contribution >= 0.6 is 11.6 Å². The topological polar surface area (TPSA) is 46.4 Å². The van der Waals surface area contributed by atoms with Gasteiger partial charge >= 0.3 is 0 Å². The van der Waals surface area contributed by atoms with Crippen LogP contribution in [-0.2, 0) is 4.79 Å². The van der Waals surface area contributed by atoms with E-state index in [0.717, 1.165) is 16.8 Å². The molecule has 0 fully saturated rings. The number of benzene rings is 1. The average molecular weight is 298 g/mol. The Bertz CT molecular complexity index is 823.